The summed E-state index contributed by atoms with van der Waals surface area (Å²) < 4.78 is 4.66. The summed E-state index contributed by atoms with van der Waals surface area (Å²) in [5.41, 5.74) is 3.26. The van der Waals surface area contributed by atoms with E-state index in [-0.39, 0.29) is 0 Å². The van der Waals surface area contributed by atoms with Crippen LogP contribution in [0.15, 0.2) is 11.2 Å². The number of nitrogens with zero attached hydrogens (tertiary/aromatic N) is 2. The maximum absolute atomic E-state index is 11.4. The van der Waals surface area contributed by atoms with E-state index in [1.807, 2.05) is 0 Å². The number of carbonyl (C=O) groups is 1. The molecule has 1 aromatic rings. The first-order valence-electron chi connectivity index (χ1n) is 4.42. The van der Waals surface area contributed by atoms with Gasteiger partial charge >= 0.3 is 5.97 Å². The molecular formula is C10H9BrN2O2. The van der Waals surface area contributed by atoms with Crippen LogP contribution in [0.25, 0.3) is 0 Å². The third-order valence-corrected chi connectivity index (χ3v) is 2.91. The standard InChI is InChI=1S/C10H9BrN2O2/c1-15-10(14)9-8-5-12-4-7(8)6(2-11)3-13-9/h3,5H,2,4H2,1H3. The molecule has 1 aromatic heterocycles. The Kier molecular flexibility index (Phi) is 2.81. The van der Waals surface area contributed by atoms with Crippen LogP contribution in [0, 0.1) is 0 Å². The number of aliphatic imine (C=N–C) groups is 1. The van der Waals surface area contributed by atoms with E-state index in [4.69, 9.17) is 0 Å². The molecule has 0 spiro atoms. The zero-order valence-electron chi connectivity index (χ0n) is 8.16. The summed E-state index contributed by atoms with van der Waals surface area (Å²) in [6.45, 7) is 0.614. The maximum atomic E-state index is 11.4. The summed E-state index contributed by atoms with van der Waals surface area (Å²) in [6.07, 6.45) is 3.37. The quantitative estimate of drug-likeness (QED) is 0.606. The molecule has 15 heavy (non-hydrogen) atoms. The normalized spacial score (nSPS) is 12.7. The fraction of sp³-hybridized carbons (Fsp3) is 0.300. The van der Waals surface area contributed by atoms with E-state index in [0.717, 1.165) is 16.7 Å². The van der Waals surface area contributed by atoms with Gasteiger partial charge in [0.25, 0.3) is 0 Å². The van der Waals surface area contributed by atoms with Crippen LogP contribution in [0.4, 0.5) is 0 Å². The molecule has 0 N–H and O–H groups in total. The number of halogens is 1. The van der Waals surface area contributed by atoms with Crippen molar-refractivity contribution in [1.29, 1.82) is 0 Å². The Hall–Kier alpha value is -1.23. The minimum atomic E-state index is -0.416. The first-order chi connectivity index (χ1) is 7.27. The molecule has 78 valence electrons. The van der Waals surface area contributed by atoms with Gasteiger partial charge in [-0.25, -0.2) is 9.78 Å². The van der Waals surface area contributed by atoms with Crippen molar-refractivity contribution in [2.24, 2.45) is 4.99 Å². The monoisotopic (exact) mass is 268 g/mol. The molecule has 0 bridgehead atoms. The SMILES string of the molecule is COC(=O)c1ncc(CBr)c2c1C=NC2. The van der Waals surface area contributed by atoms with Crippen LogP contribution in [-0.4, -0.2) is 24.3 Å². The van der Waals surface area contributed by atoms with E-state index >= 15 is 0 Å². The molecule has 5 heteroatoms. The van der Waals surface area contributed by atoms with E-state index in [2.05, 4.69) is 30.6 Å². The highest BCUT2D eigenvalue weighted by Gasteiger charge is 2.20. The zero-order chi connectivity index (χ0) is 10.8. The summed E-state index contributed by atoms with van der Waals surface area (Å²) in [5.74, 6) is -0.416. The Balaban J connectivity index is 2.55. The van der Waals surface area contributed by atoms with Crippen LogP contribution < -0.4 is 0 Å². The van der Waals surface area contributed by atoms with E-state index < -0.39 is 5.97 Å². The summed E-state index contributed by atoms with van der Waals surface area (Å²) >= 11 is 3.38. The third-order valence-electron chi connectivity index (χ3n) is 2.31. The average molecular weight is 269 g/mol. The lowest BCUT2D eigenvalue weighted by Gasteiger charge is -2.07. The van der Waals surface area contributed by atoms with Gasteiger partial charge in [-0.3, -0.25) is 4.99 Å². The molecule has 0 amide bonds. The number of alkyl halides is 1. The molecular weight excluding hydrogens is 260 g/mol. The molecule has 1 aliphatic rings. The van der Waals surface area contributed by atoms with Crippen molar-refractivity contribution in [3.05, 3.63) is 28.6 Å². The second-order valence-corrected chi connectivity index (χ2v) is 3.68. The van der Waals surface area contributed by atoms with Crippen LogP contribution in [0.2, 0.25) is 0 Å². The molecule has 0 saturated heterocycles. The fourth-order valence-corrected chi connectivity index (χ4v) is 2.02. The predicted octanol–water partition coefficient (Wildman–Crippen LogP) is 1.70. The number of rotatable bonds is 2. The maximum Gasteiger partial charge on any atom is 0.357 e. The highest BCUT2D eigenvalue weighted by Crippen LogP contribution is 2.23. The second kappa shape index (κ2) is 4.10. The molecule has 0 atom stereocenters. The molecule has 0 fully saturated rings. The van der Waals surface area contributed by atoms with Crippen LogP contribution in [0.1, 0.15) is 27.2 Å². The van der Waals surface area contributed by atoms with Crippen molar-refractivity contribution < 1.29 is 9.53 Å². The van der Waals surface area contributed by atoms with Crippen molar-refractivity contribution >= 4 is 28.1 Å². The van der Waals surface area contributed by atoms with E-state index in [1.54, 1.807) is 12.4 Å². The van der Waals surface area contributed by atoms with Crippen molar-refractivity contribution in [3.8, 4) is 0 Å². The number of pyridine rings is 1. The van der Waals surface area contributed by atoms with Gasteiger partial charge in [-0.2, -0.15) is 0 Å². The first kappa shape index (κ1) is 10.3. The molecule has 2 rings (SSSR count). The van der Waals surface area contributed by atoms with E-state index in [0.29, 0.717) is 17.6 Å². The Morgan fingerprint density at radius 3 is 3.13 bits per heavy atom. The van der Waals surface area contributed by atoms with Gasteiger partial charge in [0.15, 0.2) is 5.69 Å². The summed E-state index contributed by atoms with van der Waals surface area (Å²) in [7, 11) is 1.35. The van der Waals surface area contributed by atoms with Crippen molar-refractivity contribution in [2.75, 3.05) is 7.11 Å². The smallest absolute Gasteiger partial charge is 0.357 e. The van der Waals surface area contributed by atoms with Crippen molar-refractivity contribution in [3.63, 3.8) is 0 Å². The first-order valence-corrected chi connectivity index (χ1v) is 5.55. The van der Waals surface area contributed by atoms with Crippen LogP contribution >= 0.6 is 15.9 Å². The lowest BCUT2D eigenvalue weighted by atomic mass is 10.0. The van der Waals surface area contributed by atoms with E-state index in [1.165, 1.54) is 7.11 Å². The number of ether oxygens (including phenoxy) is 1. The molecule has 0 unspecified atom stereocenters. The van der Waals surface area contributed by atoms with Gasteiger partial charge in [0.2, 0.25) is 0 Å². The van der Waals surface area contributed by atoms with Gasteiger partial charge in [-0.15, -0.1) is 0 Å². The van der Waals surface area contributed by atoms with Crippen LogP contribution in [0.5, 0.6) is 0 Å². The van der Waals surface area contributed by atoms with E-state index in [9.17, 15) is 4.79 Å². The van der Waals surface area contributed by atoms with Gasteiger partial charge in [0.05, 0.1) is 13.7 Å². The number of fused-ring (bicyclic) bond motifs is 1. The molecule has 1 aliphatic heterocycles. The van der Waals surface area contributed by atoms with Gasteiger partial charge < -0.3 is 4.74 Å². The summed E-state index contributed by atoms with van der Waals surface area (Å²) in [6, 6.07) is 0. The Morgan fingerprint density at radius 2 is 2.47 bits per heavy atom. The molecule has 2 heterocycles. The zero-order valence-corrected chi connectivity index (χ0v) is 9.74. The highest BCUT2D eigenvalue weighted by atomic mass is 79.9. The number of carbonyl (C=O) groups excluding carboxylic acids is 1. The van der Waals surface area contributed by atoms with Gasteiger partial charge in [-0.1, -0.05) is 15.9 Å². The van der Waals surface area contributed by atoms with Gasteiger partial charge in [0.1, 0.15) is 0 Å². The Bertz CT molecular complexity index is 443. The Morgan fingerprint density at radius 1 is 1.67 bits per heavy atom. The number of hydrogen-bond donors (Lipinski definition) is 0. The average Bonchev–Trinajstić information content (AvgIpc) is 2.75. The molecule has 0 aromatic carbocycles. The number of aromatic nitrogens is 1. The topological polar surface area (TPSA) is 51.5 Å². The Labute approximate surface area is 95.5 Å². The van der Waals surface area contributed by atoms with Gasteiger partial charge in [-0.05, 0) is 11.1 Å². The summed E-state index contributed by atoms with van der Waals surface area (Å²) in [5, 5.41) is 0.715. The predicted molar refractivity (Wildman–Crippen MR) is 59.5 cm³/mol. The molecule has 0 radical (unpaired) electrons. The number of methoxy groups -OCH3 is 1. The minimum absolute atomic E-state index is 0.346. The summed E-state index contributed by atoms with van der Waals surface area (Å²) in [4.78, 5) is 19.7. The van der Waals surface area contributed by atoms with Crippen LogP contribution in [-0.2, 0) is 16.6 Å². The lowest BCUT2D eigenvalue weighted by Crippen LogP contribution is -2.10. The second-order valence-electron chi connectivity index (χ2n) is 3.12. The molecule has 4 nitrogen and oxygen atoms in total. The third kappa shape index (κ3) is 1.67. The van der Waals surface area contributed by atoms with Gasteiger partial charge in [0, 0.05) is 23.3 Å². The highest BCUT2D eigenvalue weighted by molar-refractivity contribution is 9.08. The number of hydrogen-bond acceptors (Lipinski definition) is 4. The van der Waals surface area contributed by atoms with Crippen molar-refractivity contribution in [1.82, 2.24) is 4.98 Å². The molecule has 0 aliphatic carbocycles. The number of esters is 1. The fourth-order valence-electron chi connectivity index (χ4n) is 1.53. The van der Waals surface area contributed by atoms with Crippen molar-refractivity contribution in [2.45, 2.75) is 11.9 Å². The largest absolute Gasteiger partial charge is 0.464 e. The molecule has 0 saturated carbocycles. The lowest BCUT2D eigenvalue weighted by molar-refractivity contribution is 0.0594. The minimum Gasteiger partial charge on any atom is -0.464 e. The van der Waals surface area contributed by atoms with Crippen LogP contribution in [0.3, 0.4) is 0 Å².